The fraction of sp³-hybridized carbons (Fsp3) is 0.407. The van der Waals surface area contributed by atoms with Crippen LogP contribution in [-0.4, -0.2) is 45.3 Å². The number of phenolic OH excluding ortho intramolecular Hbond substituents is 1. The van der Waals surface area contributed by atoms with Gasteiger partial charge in [-0.1, -0.05) is 11.6 Å². The van der Waals surface area contributed by atoms with E-state index in [1.807, 2.05) is 0 Å². The number of allylic oxidation sites excluding steroid dienone is 6. The smallest absolute Gasteiger partial charge is 0.508 e. The fourth-order valence-electron chi connectivity index (χ4n) is 6.18. The van der Waals surface area contributed by atoms with E-state index in [-0.39, 0.29) is 39.9 Å². The molecule has 0 aromatic heterocycles. The van der Waals surface area contributed by atoms with E-state index in [9.17, 15) is 37.5 Å². The third kappa shape index (κ3) is 4.11. The number of imide groups is 1. The summed E-state index contributed by atoms with van der Waals surface area (Å²) in [5.74, 6) is -6.03. The van der Waals surface area contributed by atoms with Gasteiger partial charge < -0.3 is 9.84 Å². The highest BCUT2D eigenvalue weighted by molar-refractivity contribution is 9.12. The molecule has 11 heteroatoms. The summed E-state index contributed by atoms with van der Waals surface area (Å²) in [7, 11) is 0. The summed E-state index contributed by atoms with van der Waals surface area (Å²) < 4.78 is 43.0. The predicted octanol–water partition coefficient (Wildman–Crippen LogP) is 4.85. The Morgan fingerprint density at radius 3 is 2.37 bits per heavy atom. The molecule has 0 radical (unpaired) electrons. The first-order valence-corrected chi connectivity index (χ1v) is 12.7. The second kappa shape index (κ2) is 8.65. The van der Waals surface area contributed by atoms with Crippen LogP contribution in [0.25, 0.3) is 0 Å². The molecule has 4 atom stereocenters. The molecule has 1 aromatic carbocycles. The lowest BCUT2D eigenvalue weighted by atomic mass is 9.59. The van der Waals surface area contributed by atoms with Crippen molar-refractivity contribution in [3.05, 3.63) is 57.1 Å². The topological polar surface area (TPSA) is 101 Å². The van der Waals surface area contributed by atoms with Gasteiger partial charge >= 0.3 is 6.36 Å². The number of amides is 2. The van der Waals surface area contributed by atoms with Gasteiger partial charge in [0.05, 0.1) is 16.3 Å². The number of alkyl halides is 3. The summed E-state index contributed by atoms with van der Waals surface area (Å²) in [6.07, 6.45) is -2.00. The number of carbonyl (C=O) groups excluding carboxylic acids is 4. The van der Waals surface area contributed by atoms with Crippen LogP contribution in [0.15, 0.2) is 51.6 Å². The number of ether oxygens (including phenoxy) is 1. The van der Waals surface area contributed by atoms with Gasteiger partial charge in [-0.25, -0.2) is 0 Å². The molecule has 1 heterocycles. The van der Waals surface area contributed by atoms with Gasteiger partial charge in [-0.3, -0.25) is 24.1 Å². The van der Waals surface area contributed by atoms with Gasteiger partial charge in [-0.05, 0) is 73.7 Å². The van der Waals surface area contributed by atoms with Crippen molar-refractivity contribution >= 4 is 39.3 Å². The lowest BCUT2D eigenvalue weighted by Crippen LogP contribution is -2.46. The SMILES string of the molecule is CC(C)(C)N1C(=O)[C@H]2[C@H](CC=C3[C@H](c4cc(OC(F)(F)F)ccc4O)C4=C(C[C@H]32)C(=O)C(Br)=CC4=O)C1=O. The van der Waals surface area contributed by atoms with Crippen LogP contribution in [0.2, 0.25) is 0 Å². The number of aromatic hydroxyl groups is 1. The van der Waals surface area contributed by atoms with Gasteiger partial charge in [0.25, 0.3) is 0 Å². The Morgan fingerprint density at radius 1 is 1.05 bits per heavy atom. The van der Waals surface area contributed by atoms with Crippen molar-refractivity contribution in [3.63, 3.8) is 0 Å². The van der Waals surface area contributed by atoms with Crippen molar-refractivity contribution in [3.8, 4) is 11.5 Å². The van der Waals surface area contributed by atoms with E-state index < -0.39 is 64.5 Å². The summed E-state index contributed by atoms with van der Waals surface area (Å²) in [5.41, 5.74) is -0.204. The van der Waals surface area contributed by atoms with Gasteiger partial charge in [-0.2, -0.15) is 0 Å². The highest BCUT2D eigenvalue weighted by atomic mass is 79.9. The number of rotatable bonds is 2. The third-order valence-electron chi connectivity index (χ3n) is 7.55. The second-order valence-corrected chi connectivity index (χ2v) is 11.7. The summed E-state index contributed by atoms with van der Waals surface area (Å²) in [4.78, 5) is 54.6. The molecule has 0 bridgehead atoms. The third-order valence-corrected chi connectivity index (χ3v) is 8.13. The Labute approximate surface area is 224 Å². The molecule has 7 nitrogen and oxygen atoms in total. The molecular formula is C27H23BrF3NO6. The van der Waals surface area contributed by atoms with Crippen molar-refractivity contribution < 1.29 is 42.2 Å². The predicted molar refractivity (Wildman–Crippen MR) is 131 cm³/mol. The van der Waals surface area contributed by atoms with E-state index in [4.69, 9.17) is 0 Å². The first kappa shape index (κ1) is 26.4. The molecule has 0 spiro atoms. The lowest BCUT2D eigenvalue weighted by Gasteiger charge is -2.42. The number of Topliss-reactive ketones (excluding diaryl/α,β-unsaturated/α-hetero) is 1. The molecule has 1 N–H and O–H groups in total. The van der Waals surface area contributed by atoms with E-state index in [0.29, 0.717) is 5.57 Å². The van der Waals surface area contributed by atoms with E-state index in [2.05, 4.69) is 20.7 Å². The number of nitrogens with zero attached hydrogens (tertiary/aromatic N) is 1. The maximum Gasteiger partial charge on any atom is 0.573 e. The second-order valence-electron chi connectivity index (χ2n) is 10.8. The first-order valence-electron chi connectivity index (χ1n) is 12.0. The molecule has 3 aliphatic carbocycles. The van der Waals surface area contributed by atoms with Crippen LogP contribution in [0.5, 0.6) is 11.5 Å². The van der Waals surface area contributed by atoms with Crippen molar-refractivity contribution in [2.45, 2.75) is 51.4 Å². The minimum absolute atomic E-state index is 0.00283. The average molecular weight is 594 g/mol. The molecule has 0 unspecified atom stereocenters. The number of hydrogen-bond acceptors (Lipinski definition) is 6. The number of halogens is 4. The van der Waals surface area contributed by atoms with Crippen LogP contribution in [0.1, 0.15) is 45.1 Å². The van der Waals surface area contributed by atoms with Gasteiger partial charge in [-0.15, -0.1) is 13.2 Å². The maximum absolute atomic E-state index is 13.6. The van der Waals surface area contributed by atoms with Gasteiger partial charge in [0.2, 0.25) is 11.8 Å². The zero-order chi connectivity index (χ0) is 27.9. The van der Waals surface area contributed by atoms with E-state index in [0.717, 1.165) is 24.3 Å². The van der Waals surface area contributed by atoms with Crippen molar-refractivity contribution in [1.29, 1.82) is 0 Å². The Balaban J connectivity index is 1.69. The molecule has 1 saturated heterocycles. The van der Waals surface area contributed by atoms with Crippen molar-refractivity contribution in [2.24, 2.45) is 17.8 Å². The first-order chi connectivity index (χ1) is 17.6. The normalized spacial score (nSPS) is 27.6. The van der Waals surface area contributed by atoms with Crippen LogP contribution in [-0.2, 0) is 19.2 Å². The number of likely N-dealkylation sites (tertiary alicyclic amines) is 1. The van der Waals surface area contributed by atoms with E-state index in [1.165, 1.54) is 4.90 Å². The van der Waals surface area contributed by atoms with Gasteiger partial charge in [0.1, 0.15) is 11.5 Å². The zero-order valence-corrected chi connectivity index (χ0v) is 22.1. The molecule has 1 fully saturated rings. The van der Waals surface area contributed by atoms with Crippen LogP contribution >= 0.6 is 15.9 Å². The summed E-state index contributed by atoms with van der Waals surface area (Å²) in [5, 5.41) is 10.8. The number of carbonyl (C=O) groups is 4. The molecular weight excluding hydrogens is 571 g/mol. The molecule has 4 aliphatic rings. The van der Waals surface area contributed by atoms with Crippen molar-refractivity contribution in [2.75, 3.05) is 0 Å². The molecule has 2 amide bonds. The van der Waals surface area contributed by atoms with Crippen LogP contribution in [0, 0.1) is 17.8 Å². The van der Waals surface area contributed by atoms with Crippen LogP contribution in [0.3, 0.4) is 0 Å². The maximum atomic E-state index is 13.6. The number of hydrogen-bond donors (Lipinski definition) is 1. The quantitative estimate of drug-likeness (QED) is 0.299. The Bertz CT molecular complexity index is 1400. The van der Waals surface area contributed by atoms with E-state index in [1.54, 1.807) is 26.8 Å². The fourth-order valence-corrected chi connectivity index (χ4v) is 6.63. The number of fused-ring (bicyclic) bond motifs is 3. The highest BCUT2D eigenvalue weighted by Gasteiger charge is 2.58. The Kier molecular flexibility index (Phi) is 6.01. The van der Waals surface area contributed by atoms with Gasteiger partial charge in [0, 0.05) is 34.2 Å². The molecule has 38 heavy (non-hydrogen) atoms. The van der Waals surface area contributed by atoms with Crippen LogP contribution in [0.4, 0.5) is 13.2 Å². The molecule has 1 aliphatic heterocycles. The molecule has 0 saturated carbocycles. The summed E-state index contributed by atoms with van der Waals surface area (Å²) in [6, 6.07) is 2.96. The van der Waals surface area contributed by atoms with Gasteiger partial charge in [0.15, 0.2) is 11.6 Å². The minimum atomic E-state index is -5.00. The Morgan fingerprint density at radius 2 is 1.74 bits per heavy atom. The summed E-state index contributed by atoms with van der Waals surface area (Å²) in [6.45, 7) is 5.23. The highest BCUT2D eigenvalue weighted by Crippen LogP contribution is 2.57. The standard InChI is InChI=1S/C27H23BrF3NO6/c1-26(2,3)32-24(36)13-6-5-12-14(21(13)25(32)37)9-16-22(19(34)10-17(28)23(16)35)20(12)15-8-11(4-7-18(15)33)38-27(29,30)31/h4-5,7-8,10,13-14,20-21,33H,6,9H2,1-3H3/t13-,14+,20+,21-/m0/s1. The molecule has 5 rings (SSSR count). The monoisotopic (exact) mass is 593 g/mol. The number of benzene rings is 1. The molecule has 200 valence electrons. The molecule has 1 aromatic rings. The van der Waals surface area contributed by atoms with Crippen molar-refractivity contribution in [1.82, 2.24) is 4.90 Å². The average Bonchev–Trinajstić information content (AvgIpc) is 3.07. The van der Waals surface area contributed by atoms with Crippen LogP contribution < -0.4 is 4.74 Å². The van der Waals surface area contributed by atoms with E-state index >= 15 is 0 Å². The minimum Gasteiger partial charge on any atom is -0.508 e. The number of phenols is 1. The Hall–Kier alpha value is -3.21. The summed E-state index contributed by atoms with van der Waals surface area (Å²) >= 11 is 3.11. The largest absolute Gasteiger partial charge is 0.573 e. The zero-order valence-electron chi connectivity index (χ0n) is 20.6. The number of ketones is 2. The lowest BCUT2D eigenvalue weighted by molar-refractivity contribution is -0.274.